The number of halogens is 2. The average Bonchev–Trinajstić information content (AvgIpc) is 2.75. The summed E-state index contributed by atoms with van der Waals surface area (Å²) >= 11 is 12.6. The van der Waals surface area contributed by atoms with Crippen molar-refractivity contribution in [2.75, 3.05) is 24.7 Å². The van der Waals surface area contributed by atoms with E-state index >= 15 is 0 Å². The Hall–Kier alpha value is -1.67. The van der Waals surface area contributed by atoms with Crippen LogP contribution in [-0.2, 0) is 24.1 Å². The summed E-state index contributed by atoms with van der Waals surface area (Å²) in [6.45, 7) is 2.96. The van der Waals surface area contributed by atoms with Crippen LogP contribution in [0, 0.1) is 5.92 Å². The number of aromatic nitrogens is 1. The number of nitrogens with zero attached hydrogens (tertiary/aromatic N) is 2. The Balaban J connectivity index is 1.75. The molecule has 4 rings (SSSR count). The molecule has 0 radical (unpaired) electrons. The van der Waals surface area contributed by atoms with Gasteiger partial charge in [0.15, 0.2) is 15.7 Å². The Labute approximate surface area is 198 Å². The standard InChI is InChI=1S/C23H26Cl2N2O4S/c1-2-27(22(28)16-4-3-5-16)21-20(25)14-17(15-26-21)23(10-12-31-13-11-23)32(29,30)19-8-6-18(24)7-9-19/h6-9,14-16H,2-5,10-13H2,1H3. The maximum Gasteiger partial charge on any atom is 0.231 e. The fourth-order valence-corrected chi connectivity index (χ4v) is 6.88. The second-order valence-corrected chi connectivity index (χ2v) is 11.4. The third-order valence-corrected chi connectivity index (χ3v) is 9.67. The first-order valence-electron chi connectivity index (χ1n) is 10.9. The smallest absolute Gasteiger partial charge is 0.231 e. The second kappa shape index (κ2) is 9.29. The molecule has 0 bridgehead atoms. The van der Waals surface area contributed by atoms with Crippen molar-refractivity contribution in [3.05, 3.63) is 52.1 Å². The molecule has 0 atom stereocenters. The Bertz CT molecular complexity index is 1100. The fraction of sp³-hybridized carbons (Fsp3) is 0.478. The van der Waals surface area contributed by atoms with Crippen molar-refractivity contribution in [2.45, 2.75) is 48.7 Å². The summed E-state index contributed by atoms with van der Waals surface area (Å²) in [6, 6.07) is 7.84. The molecule has 0 spiro atoms. The van der Waals surface area contributed by atoms with Crippen molar-refractivity contribution in [3.63, 3.8) is 0 Å². The van der Waals surface area contributed by atoms with Crippen LogP contribution in [0.3, 0.4) is 0 Å². The molecule has 1 saturated carbocycles. The zero-order chi connectivity index (χ0) is 22.9. The van der Waals surface area contributed by atoms with Gasteiger partial charge in [0, 0.05) is 36.9 Å². The molecule has 1 aliphatic heterocycles. The zero-order valence-electron chi connectivity index (χ0n) is 17.9. The van der Waals surface area contributed by atoms with Gasteiger partial charge in [-0.05, 0) is 68.5 Å². The van der Waals surface area contributed by atoms with Crippen molar-refractivity contribution < 1.29 is 17.9 Å². The van der Waals surface area contributed by atoms with Gasteiger partial charge in [-0.3, -0.25) is 9.69 Å². The molecule has 1 aromatic heterocycles. The van der Waals surface area contributed by atoms with Crippen LogP contribution < -0.4 is 4.90 Å². The minimum Gasteiger partial charge on any atom is -0.381 e. The number of hydrogen-bond acceptors (Lipinski definition) is 5. The number of rotatable bonds is 6. The summed E-state index contributed by atoms with van der Waals surface area (Å²) in [5.41, 5.74) is 0.511. The minimum atomic E-state index is -3.79. The molecule has 1 aliphatic carbocycles. The molecule has 172 valence electrons. The van der Waals surface area contributed by atoms with Crippen LogP contribution in [0.5, 0.6) is 0 Å². The van der Waals surface area contributed by atoms with Gasteiger partial charge in [-0.2, -0.15) is 0 Å². The summed E-state index contributed by atoms with van der Waals surface area (Å²) in [6.07, 6.45) is 4.94. The highest BCUT2D eigenvalue weighted by atomic mass is 35.5. The molecule has 1 saturated heterocycles. The number of amides is 1. The van der Waals surface area contributed by atoms with E-state index in [9.17, 15) is 13.2 Å². The summed E-state index contributed by atoms with van der Waals surface area (Å²) in [5, 5.41) is 0.740. The Kier molecular flexibility index (Phi) is 6.82. The van der Waals surface area contributed by atoms with Gasteiger partial charge in [0.2, 0.25) is 5.91 Å². The van der Waals surface area contributed by atoms with Crippen LogP contribution in [-0.4, -0.2) is 39.1 Å². The van der Waals surface area contributed by atoms with E-state index in [0.717, 1.165) is 19.3 Å². The maximum absolute atomic E-state index is 13.8. The molecule has 2 fully saturated rings. The highest BCUT2D eigenvalue weighted by Crippen LogP contribution is 2.45. The van der Waals surface area contributed by atoms with E-state index in [1.807, 2.05) is 6.92 Å². The number of hydrogen-bond donors (Lipinski definition) is 0. The zero-order valence-corrected chi connectivity index (χ0v) is 20.2. The van der Waals surface area contributed by atoms with Gasteiger partial charge in [-0.15, -0.1) is 0 Å². The molecular weight excluding hydrogens is 471 g/mol. The van der Waals surface area contributed by atoms with Gasteiger partial charge in [-0.25, -0.2) is 13.4 Å². The molecule has 1 amide bonds. The highest BCUT2D eigenvalue weighted by molar-refractivity contribution is 7.92. The van der Waals surface area contributed by atoms with Gasteiger partial charge in [0.1, 0.15) is 4.75 Å². The SMILES string of the molecule is CCN(C(=O)C1CCC1)c1ncc(C2(S(=O)(=O)c3ccc(Cl)cc3)CCOCC2)cc1Cl. The quantitative estimate of drug-likeness (QED) is 0.560. The van der Waals surface area contributed by atoms with Crippen LogP contribution in [0.15, 0.2) is 41.4 Å². The monoisotopic (exact) mass is 496 g/mol. The normalized spacial score (nSPS) is 18.7. The summed E-state index contributed by atoms with van der Waals surface area (Å²) in [4.78, 5) is 19.1. The average molecular weight is 497 g/mol. The van der Waals surface area contributed by atoms with Gasteiger partial charge in [0.25, 0.3) is 0 Å². The van der Waals surface area contributed by atoms with Gasteiger partial charge < -0.3 is 4.74 Å². The number of ether oxygens (including phenoxy) is 1. The summed E-state index contributed by atoms with van der Waals surface area (Å²) < 4.78 is 31.9. The Morgan fingerprint density at radius 1 is 1.19 bits per heavy atom. The number of anilines is 1. The van der Waals surface area contributed by atoms with Gasteiger partial charge in [-0.1, -0.05) is 29.6 Å². The van der Waals surface area contributed by atoms with E-state index in [1.54, 1.807) is 29.3 Å². The van der Waals surface area contributed by atoms with E-state index in [4.69, 9.17) is 27.9 Å². The van der Waals surface area contributed by atoms with Crippen molar-refractivity contribution in [1.29, 1.82) is 0 Å². The lowest BCUT2D eigenvalue weighted by molar-refractivity contribution is -0.124. The number of pyridine rings is 1. The van der Waals surface area contributed by atoms with E-state index in [2.05, 4.69) is 4.98 Å². The van der Waals surface area contributed by atoms with E-state index in [0.29, 0.717) is 36.2 Å². The predicted molar refractivity (Wildman–Crippen MR) is 125 cm³/mol. The molecule has 9 heteroatoms. The molecule has 0 unspecified atom stereocenters. The van der Waals surface area contributed by atoms with Crippen LogP contribution in [0.1, 0.15) is 44.6 Å². The first-order chi connectivity index (χ1) is 15.3. The third kappa shape index (κ3) is 4.04. The molecular formula is C23H26Cl2N2O4S. The Morgan fingerprint density at radius 2 is 1.84 bits per heavy atom. The number of sulfone groups is 1. The highest BCUT2D eigenvalue weighted by Gasteiger charge is 2.48. The molecule has 2 heterocycles. The lowest BCUT2D eigenvalue weighted by Crippen LogP contribution is -2.42. The summed E-state index contributed by atoms with van der Waals surface area (Å²) in [7, 11) is -3.79. The summed E-state index contributed by atoms with van der Waals surface area (Å²) in [5.74, 6) is 0.413. The second-order valence-electron chi connectivity index (χ2n) is 8.30. The van der Waals surface area contributed by atoms with Gasteiger partial charge >= 0.3 is 0 Å². The topological polar surface area (TPSA) is 76.6 Å². The van der Waals surface area contributed by atoms with E-state index in [1.165, 1.54) is 12.1 Å². The van der Waals surface area contributed by atoms with Gasteiger partial charge in [0.05, 0.1) is 9.92 Å². The Morgan fingerprint density at radius 3 is 2.38 bits per heavy atom. The molecule has 2 aliphatic rings. The van der Waals surface area contributed by atoms with Crippen LogP contribution in [0.2, 0.25) is 10.0 Å². The van der Waals surface area contributed by atoms with Crippen molar-refractivity contribution in [3.8, 4) is 0 Å². The first-order valence-corrected chi connectivity index (χ1v) is 13.1. The van der Waals surface area contributed by atoms with E-state index < -0.39 is 14.6 Å². The molecule has 2 aromatic rings. The third-order valence-electron chi connectivity index (χ3n) is 6.58. The molecule has 0 N–H and O–H groups in total. The molecule has 32 heavy (non-hydrogen) atoms. The number of benzene rings is 1. The number of carbonyl (C=O) groups excluding carboxylic acids is 1. The van der Waals surface area contributed by atoms with Crippen molar-refractivity contribution >= 4 is 44.8 Å². The van der Waals surface area contributed by atoms with Crippen LogP contribution >= 0.6 is 23.2 Å². The van der Waals surface area contributed by atoms with Crippen LogP contribution in [0.4, 0.5) is 5.82 Å². The largest absolute Gasteiger partial charge is 0.381 e. The van der Waals surface area contributed by atoms with Crippen LogP contribution in [0.25, 0.3) is 0 Å². The lowest BCUT2D eigenvalue weighted by Gasteiger charge is -2.37. The maximum atomic E-state index is 13.8. The lowest BCUT2D eigenvalue weighted by atomic mass is 9.84. The minimum absolute atomic E-state index is 0.0135. The number of carbonyl (C=O) groups is 1. The van der Waals surface area contributed by atoms with Crippen molar-refractivity contribution in [2.24, 2.45) is 5.92 Å². The molecule has 1 aromatic carbocycles. The first kappa shape index (κ1) is 23.5. The van der Waals surface area contributed by atoms with E-state index in [-0.39, 0.29) is 34.6 Å². The molecule has 6 nitrogen and oxygen atoms in total. The fourth-order valence-electron chi connectivity index (χ4n) is 4.42. The predicted octanol–water partition coefficient (Wildman–Crippen LogP) is 5.02. The van der Waals surface area contributed by atoms with Crippen molar-refractivity contribution in [1.82, 2.24) is 4.98 Å².